The van der Waals surface area contributed by atoms with Gasteiger partial charge in [-0.15, -0.1) is 0 Å². The number of hydrogen-bond donors (Lipinski definition) is 1. The summed E-state index contributed by atoms with van der Waals surface area (Å²) in [6.45, 7) is 8.66. The van der Waals surface area contributed by atoms with E-state index in [1.807, 2.05) is 0 Å². The fraction of sp³-hybridized carbons (Fsp3) is 0.556. The third-order valence-electron chi connectivity index (χ3n) is 1.81. The predicted molar refractivity (Wildman–Crippen MR) is 44.4 cm³/mol. The molecule has 0 aromatic carbocycles. The van der Waals surface area contributed by atoms with E-state index in [2.05, 4.69) is 38.7 Å². The number of aryl methyl sites for hydroxylation is 2. The summed E-state index contributed by atoms with van der Waals surface area (Å²) in [6.07, 6.45) is 0. The van der Waals surface area contributed by atoms with Gasteiger partial charge in [0.25, 0.3) is 0 Å². The average molecular weight is 137 g/mol. The van der Waals surface area contributed by atoms with Crippen LogP contribution < -0.4 is 0 Å². The van der Waals surface area contributed by atoms with Crippen molar-refractivity contribution in [3.8, 4) is 0 Å². The van der Waals surface area contributed by atoms with Crippen molar-refractivity contribution in [2.24, 2.45) is 0 Å². The van der Waals surface area contributed by atoms with Crippen molar-refractivity contribution >= 4 is 0 Å². The van der Waals surface area contributed by atoms with Gasteiger partial charge in [-0.1, -0.05) is 13.8 Å². The Hall–Kier alpha value is -0.720. The molecule has 0 atom stereocenters. The molecule has 0 aliphatic rings. The number of rotatable bonds is 1. The highest BCUT2D eigenvalue weighted by molar-refractivity contribution is 5.26. The van der Waals surface area contributed by atoms with Crippen LogP contribution >= 0.6 is 0 Å². The highest BCUT2D eigenvalue weighted by Crippen LogP contribution is 2.18. The number of nitrogens with one attached hydrogen (secondary N) is 1. The van der Waals surface area contributed by atoms with E-state index in [0.29, 0.717) is 5.92 Å². The average Bonchev–Trinajstić information content (AvgIpc) is 2.10. The first kappa shape index (κ1) is 7.39. The molecular formula is C9H15N. The molecule has 56 valence electrons. The van der Waals surface area contributed by atoms with Gasteiger partial charge in [-0.25, -0.2) is 0 Å². The number of aromatic amines is 1. The Morgan fingerprint density at radius 2 is 1.90 bits per heavy atom. The molecule has 1 N–H and O–H groups in total. The molecule has 1 rings (SSSR count). The quantitative estimate of drug-likeness (QED) is 0.612. The Morgan fingerprint density at radius 1 is 1.30 bits per heavy atom. The van der Waals surface area contributed by atoms with Crippen molar-refractivity contribution in [1.82, 2.24) is 4.98 Å². The van der Waals surface area contributed by atoms with E-state index >= 15 is 0 Å². The normalized spacial score (nSPS) is 10.9. The molecule has 1 heterocycles. The van der Waals surface area contributed by atoms with Crippen LogP contribution in [0.4, 0.5) is 0 Å². The topological polar surface area (TPSA) is 15.8 Å². The first-order chi connectivity index (χ1) is 4.61. The molecule has 10 heavy (non-hydrogen) atoms. The predicted octanol–water partition coefficient (Wildman–Crippen LogP) is 2.75. The SMILES string of the molecule is Cc1cc(C(C)C)c(C)[nH]1. The van der Waals surface area contributed by atoms with Crippen LogP contribution in [0.3, 0.4) is 0 Å². The van der Waals surface area contributed by atoms with Gasteiger partial charge in [0, 0.05) is 11.4 Å². The van der Waals surface area contributed by atoms with Crippen molar-refractivity contribution in [3.63, 3.8) is 0 Å². The van der Waals surface area contributed by atoms with Crippen LogP contribution in [0.25, 0.3) is 0 Å². The van der Waals surface area contributed by atoms with Gasteiger partial charge in [-0.2, -0.15) is 0 Å². The molecule has 0 unspecified atom stereocenters. The molecule has 1 heteroatoms. The summed E-state index contributed by atoms with van der Waals surface area (Å²) in [4.78, 5) is 3.29. The highest BCUT2D eigenvalue weighted by Gasteiger charge is 2.04. The maximum absolute atomic E-state index is 3.29. The van der Waals surface area contributed by atoms with Crippen molar-refractivity contribution < 1.29 is 0 Å². The molecule has 0 radical (unpaired) electrons. The Morgan fingerprint density at radius 3 is 2.10 bits per heavy atom. The first-order valence-corrected chi connectivity index (χ1v) is 3.77. The van der Waals surface area contributed by atoms with Crippen LogP contribution in [-0.2, 0) is 0 Å². The lowest BCUT2D eigenvalue weighted by molar-refractivity contribution is 0.857. The Balaban J connectivity index is 3.03. The van der Waals surface area contributed by atoms with Crippen LogP contribution in [0.1, 0.15) is 36.7 Å². The van der Waals surface area contributed by atoms with E-state index < -0.39 is 0 Å². The van der Waals surface area contributed by atoms with Gasteiger partial charge >= 0.3 is 0 Å². The summed E-state index contributed by atoms with van der Waals surface area (Å²) in [5, 5.41) is 0. The maximum Gasteiger partial charge on any atom is 0.0152 e. The Bertz CT molecular complexity index is 221. The molecule has 0 saturated heterocycles. The van der Waals surface area contributed by atoms with E-state index in [1.165, 1.54) is 17.0 Å². The zero-order chi connectivity index (χ0) is 7.72. The third kappa shape index (κ3) is 1.23. The summed E-state index contributed by atoms with van der Waals surface area (Å²) in [7, 11) is 0. The van der Waals surface area contributed by atoms with E-state index in [-0.39, 0.29) is 0 Å². The molecule has 0 amide bonds. The standard InChI is InChI=1S/C9H15N/c1-6(2)9-5-7(3)10-8(9)4/h5-6,10H,1-4H3. The second-order valence-corrected chi connectivity index (χ2v) is 3.19. The second kappa shape index (κ2) is 2.49. The second-order valence-electron chi connectivity index (χ2n) is 3.19. The molecule has 0 aliphatic carbocycles. The third-order valence-corrected chi connectivity index (χ3v) is 1.81. The first-order valence-electron chi connectivity index (χ1n) is 3.77. The lowest BCUT2D eigenvalue weighted by Gasteiger charge is -2.01. The fourth-order valence-corrected chi connectivity index (χ4v) is 1.35. The Labute approximate surface area is 62.5 Å². The van der Waals surface area contributed by atoms with Crippen LogP contribution in [0.5, 0.6) is 0 Å². The van der Waals surface area contributed by atoms with E-state index in [1.54, 1.807) is 0 Å². The van der Waals surface area contributed by atoms with Gasteiger partial charge in [-0.05, 0) is 31.4 Å². The van der Waals surface area contributed by atoms with Crippen LogP contribution in [0.15, 0.2) is 6.07 Å². The number of aromatic nitrogens is 1. The summed E-state index contributed by atoms with van der Waals surface area (Å²) in [6, 6.07) is 2.22. The van der Waals surface area contributed by atoms with Gasteiger partial charge in [-0.3, -0.25) is 0 Å². The van der Waals surface area contributed by atoms with Gasteiger partial charge in [0.2, 0.25) is 0 Å². The maximum atomic E-state index is 3.29. The van der Waals surface area contributed by atoms with Crippen molar-refractivity contribution in [2.45, 2.75) is 33.6 Å². The molecule has 0 saturated carbocycles. The van der Waals surface area contributed by atoms with Crippen molar-refractivity contribution in [1.29, 1.82) is 0 Å². The number of hydrogen-bond acceptors (Lipinski definition) is 0. The van der Waals surface area contributed by atoms with Gasteiger partial charge in [0.1, 0.15) is 0 Å². The molecule has 0 spiro atoms. The van der Waals surface area contributed by atoms with Crippen LogP contribution in [0, 0.1) is 13.8 Å². The molecule has 1 nitrogen and oxygen atoms in total. The van der Waals surface area contributed by atoms with Crippen LogP contribution in [-0.4, -0.2) is 4.98 Å². The highest BCUT2D eigenvalue weighted by atomic mass is 14.7. The number of H-pyrrole nitrogens is 1. The van der Waals surface area contributed by atoms with E-state index in [4.69, 9.17) is 0 Å². The van der Waals surface area contributed by atoms with Gasteiger partial charge in [0.15, 0.2) is 0 Å². The Kier molecular flexibility index (Phi) is 1.84. The molecule has 0 fully saturated rings. The van der Waals surface area contributed by atoms with Gasteiger partial charge < -0.3 is 4.98 Å². The van der Waals surface area contributed by atoms with E-state index in [0.717, 1.165) is 0 Å². The van der Waals surface area contributed by atoms with E-state index in [9.17, 15) is 0 Å². The lowest BCUT2D eigenvalue weighted by atomic mass is 10.0. The van der Waals surface area contributed by atoms with Gasteiger partial charge in [0.05, 0.1) is 0 Å². The monoisotopic (exact) mass is 137 g/mol. The lowest BCUT2D eigenvalue weighted by Crippen LogP contribution is -1.86. The van der Waals surface area contributed by atoms with Crippen molar-refractivity contribution in [3.05, 3.63) is 23.0 Å². The zero-order valence-corrected chi connectivity index (χ0v) is 7.15. The molecule has 0 bridgehead atoms. The molecule has 1 aromatic heterocycles. The fourth-order valence-electron chi connectivity index (χ4n) is 1.35. The summed E-state index contributed by atoms with van der Waals surface area (Å²) in [5.74, 6) is 0.643. The minimum atomic E-state index is 0.643. The van der Waals surface area contributed by atoms with Crippen molar-refractivity contribution in [2.75, 3.05) is 0 Å². The molecule has 0 aliphatic heterocycles. The summed E-state index contributed by atoms with van der Waals surface area (Å²) < 4.78 is 0. The minimum absolute atomic E-state index is 0.643. The summed E-state index contributed by atoms with van der Waals surface area (Å²) in [5.41, 5.74) is 4.02. The smallest absolute Gasteiger partial charge is 0.0152 e. The zero-order valence-electron chi connectivity index (χ0n) is 7.15. The minimum Gasteiger partial charge on any atom is -0.362 e. The molecule has 1 aromatic rings. The molecular weight excluding hydrogens is 122 g/mol. The largest absolute Gasteiger partial charge is 0.362 e. The summed E-state index contributed by atoms with van der Waals surface area (Å²) >= 11 is 0. The van der Waals surface area contributed by atoms with Crippen LogP contribution in [0.2, 0.25) is 0 Å².